The topological polar surface area (TPSA) is 45.2 Å². The molecule has 5 heteroatoms. The summed E-state index contributed by atoms with van der Waals surface area (Å²) in [4.78, 5) is 20.7. The highest BCUT2D eigenvalue weighted by Gasteiger charge is 2.64. The number of pyridine rings is 1. The number of hydrogen-bond acceptors (Lipinski definition) is 4. The maximum atomic E-state index is 14.0. The van der Waals surface area contributed by atoms with Crippen LogP contribution in [0.1, 0.15) is 34.7 Å². The van der Waals surface area contributed by atoms with E-state index in [4.69, 9.17) is 11.6 Å². The number of piperidine rings is 3. The van der Waals surface area contributed by atoms with Gasteiger partial charge in [-0.05, 0) is 55.6 Å². The molecule has 0 saturated carbocycles. The van der Waals surface area contributed by atoms with Gasteiger partial charge in [0.1, 0.15) is 5.54 Å². The van der Waals surface area contributed by atoms with Gasteiger partial charge in [-0.2, -0.15) is 0 Å². The number of Topliss-reactive ketones (excluding diaryl/α,β-unsaturated/α-hetero) is 1. The van der Waals surface area contributed by atoms with Gasteiger partial charge in [0.05, 0.1) is 0 Å². The molecule has 4 aliphatic heterocycles. The van der Waals surface area contributed by atoms with Gasteiger partial charge in [-0.3, -0.25) is 14.7 Å². The van der Waals surface area contributed by atoms with Crippen LogP contribution in [0.15, 0.2) is 48.8 Å². The zero-order chi connectivity index (χ0) is 17.7. The molecule has 2 aromatic rings. The molecule has 134 valence electrons. The molecule has 0 amide bonds. The van der Waals surface area contributed by atoms with E-state index in [2.05, 4.69) is 21.3 Å². The van der Waals surface area contributed by atoms with Gasteiger partial charge < -0.3 is 5.32 Å². The second-order valence-electron chi connectivity index (χ2n) is 7.71. The van der Waals surface area contributed by atoms with Crippen LogP contribution in [0.25, 0.3) is 0 Å². The van der Waals surface area contributed by atoms with Crippen molar-refractivity contribution >= 4 is 17.4 Å². The zero-order valence-electron chi connectivity index (χ0n) is 14.6. The molecular formula is C21H22ClN3O. The Bertz CT molecular complexity index is 834. The molecule has 1 aromatic carbocycles. The second-order valence-corrected chi connectivity index (χ2v) is 8.15. The van der Waals surface area contributed by atoms with Crippen molar-refractivity contribution in [3.8, 4) is 0 Å². The standard InChI is InChI=1S/C21H22ClN3O/c22-17-5-1-3-15(11-17)20(26)21-18(16-4-2-8-23-12-16)13-24-19(21)14-6-9-25(21)10-7-14/h1-5,8,11-12,14,18-19,24H,6-7,9-10,13H2. The van der Waals surface area contributed by atoms with E-state index in [0.29, 0.717) is 16.5 Å². The first-order valence-electron chi connectivity index (χ1n) is 9.40. The van der Waals surface area contributed by atoms with Crippen LogP contribution in [0, 0.1) is 5.92 Å². The highest BCUT2D eigenvalue weighted by atomic mass is 35.5. The Morgan fingerprint density at radius 1 is 1.23 bits per heavy atom. The molecule has 26 heavy (non-hydrogen) atoms. The van der Waals surface area contributed by atoms with Gasteiger partial charge in [0.15, 0.2) is 5.78 Å². The number of nitrogens with zero attached hydrogens (tertiary/aromatic N) is 2. The molecule has 0 radical (unpaired) electrons. The molecule has 2 bridgehead atoms. The van der Waals surface area contributed by atoms with Crippen molar-refractivity contribution in [2.45, 2.75) is 30.3 Å². The van der Waals surface area contributed by atoms with Gasteiger partial charge in [0, 0.05) is 41.5 Å². The number of fused-ring (bicyclic) bond motifs is 2. The van der Waals surface area contributed by atoms with E-state index in [1.807, 2.05) is 36.5 Å². The maximum absolute atomic E-state index is 14.0. The summed E-state index contributed by atoms with van der Waals surface area (Å²) < 4.78 is 0. The molecule has 1 aromatic heterocycles. The van der Waals surface area contributed by atoms with Crippen LogP contribution in [0.2, 0.25) is 5.02 Å². The number of carbonyl (C=O) groups excluding carboxylic acids is 1. The Morgan fingerprint density at radius 3 is 2.81 bits per heavy atom. The van der Waals surface area contributed by atoms with Crippen LogP contribution < -0.4 is 5.32 Å². The summed E-state index contributed by atoms with van der Waals surface area (Å²) in [7, 11) is 0. The Hall–Kier alpha value is -1.75. The lowest BCUT2D eigenvalue weighted by Gasteiger charge is -2.57. The summed E-state index contributed by atoms with van der Waals surface area (Å²) in [5.74, 6) is 0.869. The van der Waals surface area contributed by atoms with Gasteiger partial charge in [-0.25, -0.2) is 0 Å². The minimum absolute atomic E-state index is 0.107. The zero-order valence-corrected chi connectivity index (χ0v) is 15.3. The van der Waals surface area contributed by atoms with E-state index in [0.717, 1.165) is 25.2 Å². The van der Waals surface area contributed by atoms with Crippen LogP contribution in [-0.4, -0.2) is 46.9 Å². The monoisotopic (exact) mass is 367 g/mol. The molecule has 3 unspecified atom stereocenters. The highest BCUT2D eigenvalue weighted by Crippen LogP contribution is 2.51. The van der Waals surface area contributed by atoms with Crippen molar-refractivity contribution in [3.05, 3.63) is 64.9 Å². The number of nitrogens with one attached hydrogen (secondary N) is 1. The molecule has 0 spiro atoms. The summed E-state index contributed by atoms with van der Waals surface area (Å²) in [6.07, 6.45) is 6.05. The third-order valence-corrected chi connectivity index (χ3v) is 6.85. The number of hydrogen-bond donors (Lipinski definition) is 1. The molecule has 4 aliphatic rings. The second kappa shape index (κ2) is 6.15. The van der Waals surface area contributed by atoms with E-state index < -0.39 is 5.54 Å². The summed E-state index contributed by atoms with van der Waals surface area (Å²) in [6, 6.07) is 11.7. The SMILES string of the molecule is O=C(c1cccc(Cl)c1)C12C(c3cccnc3)CNC1C1CCN2CC1. The fourth-order valence-electron chi connectivity index (χ4n) is 5.58. The first kappa shape index (κ1) is 16.4. The Morgan fingerprint density at radius 2 is 2.08 bits per heavy atom. The van der Waals surface area contributed by atoms with Crippen molar-refractivity contribution < 1.29 is 4.79 Å². The predicted molar refractivity (Wildman–Crippen MR) is 102 cm³/mol. The van der Waals surface area contributed by atoms with Crippen LogP contribution in [-0.2, 0) is 0 Å². The van der Waals surface area contributed by atoms with E-state index in [1.165, 1.54) is 12.8 Å². The largest absolute Gasteiger partial charge is 0.311 e. The minimum Gasteiger partial charge on any atom is -0.311 e. The quantitative estimate of drug-likeness (QED) is 0.846. The third kappa shape index (κ3) is 2.22. The van der Waals surface area contributed by atoms with Crippen LogP contribution in [0.5, 0.6) is 0 Å². The normalized spacial score (nSPS) is 35.3. The Kier molecular flexibility index (Phi) is 3.89. The minimum atomic E-state index is -0.533. The molecular weight excluding hydrogens is 346 g/mol. The van der Waals surface area contributed by atoms with Gasteiger partial charge in [0.2, 0.25) is 0 Å². The summed E-state index contributed by atoms with van der Waals surface area (Å²) in [5, 5.41) is 4.34. The first-order chi connectivity index (χ1) is 12.7. The summed E-state index contributed by atoms with van der Waals surface area (Å²) in [6.45, 7) is 2.80. The van der Waals surface area contributed by atoms with Crippen molar-refractivity contribution in [2.75, 3.05) is 19.6 Å². The highest BCUT2D eigenvalue weighted by molar-refractivity contribution is 6.31. The smallest absolute Gasteiger partial charge is 0.185 e. The molecule has 6 rings (SSSR count). The lowest BCUT2D eigenvalue weighted by Crippen LogP contribution is -2.72. The first-order valence-corrected chi connectivity index (χ1v) is 9.78. The lowest BCUT2D eigenvalue weighted by atomic mass is 9.63. The molecule has 0 aliphatic carbocycles. The average molecular weight is 368 g/mol. The van der Waals surface area contributed by atoms with Gasteiger partial charge in [-0.15, -0.1) is 0 Å². The van der Waals surface area contributed by atoms with E-state index in [9.17, 15) is 4.79 Å². The van der Waals surface area contributed by atoms with Crippen molar-refractivity contribution in [1.29, 1.82) is 0 Å². The average Bonchev–Trinajstić information content (AvgIpc) is 3.12. The van der Waals surface area contributed by atoms with Gasteiger partial charge in [-0.1, -0.05) is 29.8 Å². The number of ketones is 1. The van der Waals surface area contributed by atoms with Crippen molar-refractivity contribution in [3.63, 3.8) is 0 Å². The molecule has 4 nitrogen and oxygen atoms in total. The van der Waals surface area contributed by atoms with E-state index in [-0.39, 0.29) is 17.7 Å². The van der Waals surface area contributed by atoms with Crippen LogP contribution >= 0.6 is 11.6 Å². The van der Waals surface area contributed by atoms with Crippen LogP contribution in [0.4, 0.5) is 0 Å². The van der Waals surface area contributed by atoms with Crippen molar-refractivity contribution in [1.82, 2.24) is 15.2 Å². The maximum Gasteiger partial charge on any atom is 0.185 e. The Balaban J connectivity index is 1.67. The number of benzene rings is 1. The lowest BCUT2D eigenvalue weighted by molar-refractivity contribution is -0.0313. The molecule has 4 fully saturated rings. The molecule has 4 saturated heterocycles. The Labute approximate surface area is 158 Å². The summed E-state index contributed by atoms with van der Waals surface area (Å²) >= 11 is 6.21. The van der Waals surface area contributed by atoms with E-state index >= 15 is 0 Å². The summed E-state index contributed by atoms with van der Waals surface area (Å²) in [5.41, 5.74) is 1.33. The van der Waals surface area contributed by atoms with E-state index in [1.54, 1.807) is 6.20 Å². The molecule has 5 heterocycles. The van der Waals surface area contributed by atoms with Crippen molar-refractivity contribution in [2.24, 2.45) is 5.92 Å². The number of aromatic nitrogens is 1. The molecule has 1 N–H and O–H groups in total. The number of rotatable bonds is 3. The predicted octanol–water partition coefficient (Wildman–Crippen LogP) is 3.14. The fraction of sp³-hybridized carbons (Fsp3) is 0.429. The molecule has 3 atom stereocenters. The fourth-order valence-corrected chi connectivity index (χ4v) is 5.77. The van der Waals surface area contributed by atoms with Gasteiger partial charge in [0.25, 0.3) is 0 Å². The van der Waals surface area contributed by atoms with Gasteiger partial charge >= 0.3 is 0 Å². The third-order valence-electron chi connectivity index (χ3n) is 6.62. The van der Waals surface area contributed by atoms with Crippen LogP contribution in [0.3, 0.4) is 0 Å². The number of carbonyl (C=O) groups is 1. The number of halogens is 1.